The molecule has 1 aromatic carbocycles. The van der Waals surface area contributed by atoms with Crippen molar-refractivity contribution < 1.29 is 18.8 Å². The molecule has 0 radical (unpaired) electrons. The minimum absolute atomic E-state index is 0.0121. The number of esters is 1. The third-order valence-corrected chi connectivity index (χ3v) is 5.54. The van der Waals surface area contributed by atoms with Crippen LogP contribution in [-0.4, -0.2) is 29.3 Å². The van der Waals surface area contributed by atoms with Crippen LogP contribution < -0.4 is 4.74 Å². The fraction of sp³-hybridized carbons (Fsp3) is 0.471. The van der Waals surface area contributed by atoms with Crippen molar-refractivity contribution in [2.75, 3.05) is 7.11 Å². The number of aromatic nitrogens is 2. The van der Waals surface area contributed by atoms with Gasteiger partial charge < -0.3 is 14.0 Å². The Bertz CT molecular complexity index is 784. The van der Waals surface area contributed by atoms with Crippen LogP contribution in [0.1, 0.15) is 24.7 Å². The molecule has 0 amide bonds. The number of carbonyl (C=O) groups excluding carboxylic acids is 1. The van der Waals surface area contributed by atoms with Gasteiger partial charge in [0.1, 0.15) is 11.9 Å². The first-order valence-corrected chi connectivity index (χ1v) is 7.93. The summed E-state index contributed by atoms with van der Waals surface area (Å²) in [6, 6.07) is 7.54. The number of rotatable bonds is 3. The number of hydrogen-bond acceptors (Lipinski definition) is 6. The summed E-state index contributed by atoms with van der Waals surface area (Å²) in [6.45, 7) is 0. The fourth-order valence-corrected chi connectivity index (χ4v) is 4.59. The molecule has 6 nitrogen and oxygen atoms in total. The molecule has 1 aliphatic heterocycles. The average Bonchev–Trinajstić information content (AvgIpc) is 3.30. The minimum Gasteiger partial charge on any atom is -0.497 e. The Morgan fingerprint density at radius 2 is 2.17 bits per heavy atom. The molecule has 0 unspecified atom stereocenters. The van der Waals surface area contributed by atoms with Gasteiger partial charge in [0.05, 0.1) is 18.9 Å². The first kappa shape index (κ1) is 13.1. The van der Waals surface area contributed by atoms with Gasteiger partial charge in [-0.15, -0.1) is 0 Å². The summed E-state index contributed by atoms with van der Waals surface area (Å²) >= 11 is 0. The molecular weight excluding hydrogens is 296 g/mol. The van der Waals surface area contributed by atoms with Gasteiger partial charge in [-0.05, 0) is 30.9 Å². The molecule has 2 aromatic rings. The summed E-state index contributed by atoms with van der Waals surface area (Å²) in [7, 11) is 1.62. The number of benzene rings is 1. The number of fused-ring (bicyclic) bond motifs is 1. The monoisotopic (exact) mass is 312 g/mol. The molecule has 5 rings (SSSR count). The molecule has 2 aliphatic carbocycles. The van der Waals surface area contributed by atoms with Crippen molar-refractivity contribution in [2.24, 2.45) is 17.8 Å². The zero-order valence-electron chi connectivity index (χ0n) is 12.6. The van der Waals surface area contributed by atoms with Gasteiger partial charge in [-0.3, -0.25) is 4.79 Å². The molecule has 5 atom stereocenters. The second-order valence-corrected chi connectivity index (χ2v) is 6.61. The summed E-state index contributed by atoms with van der Waals surface area (Å²) in [5.41, 5.74) is 0.842. The van der Waals surface area contributed by atoms with Crippen molar-refractivity contribution in [3.05, 3.63) is 30.2 Å². The maximum atomic E-state index is 12.1. The molecule has 2 saturated carbocycles. The highest BCUT2D eigenvalue weighted by molar-refractivity contribution is 5.78. The van der Waals surface area contributed by atoms with Crippen LogP contribution in [-0.2, 0) is 9.53 Å². The molecule has 0 spiro atoms. The molecule has 118 valence electrons. The molecule has 6 heteroatoms. The van der Waals surface area contributed by atoms with Crippen LogP contribution in [0.15, 0.2) is 28.8 Å². The predicted molar refractivity (Wildman–Crippen MR) is 78.6 cm³/mol. The molecule has 1 aromatic heterocycles. The summed E-state index contributed by atoms with van der Waals surface area (Å²) < 4.78 is 16.2. The molecule has 2 bridgehead atoms. The quantitative estimate of drug-likeness (QED) is 0.810. The molecule has 0 N–H and O–H groups in total. The second-order valence-electron chi connectivity index (χ2n) is 6.61. The number of methoxy groups -OCH3 is 1. The van der Waals surface area contributed by atoms with Gasteiger partial charge in [0.25, 0.3) is 0 Å². The lowest BCUT2D eigenvalue weighted by Crippen LogP contribution is -2.24. The first-order valence-electron chi connectivity index (χ1n) is 7.93. The normalized spacial score (nSPS) is 34.0. The van der Waals surface area contributed by atoms with E-state index >= 15 is 0 Å². The maximum absolute atomic E-state index is 12.1. The van der Waals surface area contributed by atoms with Gasteiger partial charge >= 0.3 is 5.97 Å². The van der Waals surface area contributed by atoms with Crippen molar-refractivity contribution in [2.45, 2.75) is 24.9 Å². The van der Waals surface area contributed by atoms with Gasteiger partial charge in [-0.25, -0.2) is 0 Å². The Kier molecular flexibility index (Phi) is 2.60. The van der Waals surface area contributed by atoms with Crippen LogP contribution in [0.5, 0.6) is 5.75 Å². The van der Waals surface area contributed by atoms with E-state index in [9.17, 15) is 4.79 Å². The largest absolute Gasteiger partial charge is 0.497 e. The Morgan fingerprint density at radius 3 is 3.04 bits per heavy atom. The van der Waals surface area contributed by atoms with E-state index in [0.29, 0.717) is 23.6 Å². The highest BCUT2D eigenvalue weighted by atomic mass is 16.6. The minimum atomic E-state index is -0.0997. The van der Waals surface area contributed by atoms with Crippen LogP contribution >= 0.6 is 0 Å². The standard InChI is InChI=1S/C17H16N2O4/c1-21-10-4-2-3-8(5-10)15-18-16(23-19-15)13-9-6-11-12(7-9)22-17(20)14(11)13/h2-5,9,11-14H,6-7H2,1H3/t9-,11-,12+,13+,14-/m0/s1. The number of carbonyl (C=O) groups is 1. The van der Waals surface area contributed by atoms with E-state index in [0.717, 1.165) is 24.2 Å². The van der Waals surface area contributed by atoms with Gasteiger partial charge in [-0.2, -0.15) is 4.98 Å². The molecule has 3 aliphatic rings. The zero-order valence-corrected chi connectivity index (χ0v) is 12.6. The van der Waals surface area contributed by atoms with Crippen LogP contribution in [0.25, 0.3) is 11.4 Å². The summed E-state index contributed by atoms with van der Waals surface area (Å²) in [4.78, 5) is 16.7. The van der Waals surface area contributed by atoms with Crippen molar-refractivity contribution in [1.29, 1.82) is 0 Å². The Hall–Kier alpha value is -2.37. The van der Waals surface area contributed by atoms with Crippen molar-refractivity contribution in [1.82, 2.24) is 10.1 Å². The van der Waals surface area contributed by atoms with Crippen LogP contribution in [0.2, 0.25) is 0 Å². The third kappa shape index (κ3) is 1.77. The Morgan fingerprint density at radius 1 is 1.26 bits per heavy atom. The highest BCUT2D eigenvalue weighted by Crippen LogP contribution is 2.61. The van der Waals surface area contributed by atoms with Gasteiger partial charge in [0.2, 0.25) is 11.7 Å². The SMILES string of the molecule is COc1cccc(-c2noc([C@@H]3[C@H]4C[C@@H]5[C@@H]3C(=O)O[C@@H]5C4)n2)c1. The van der Waals surface area contributed by atoms with Gasteiger partial charge in [-0.1, -0.05) is 17.3 Å². The van der Waals surface area contributed by atoms with E-state index in [2.05, 4.69) is 10.1 Å². The van der Waals surface area contributed by atoms with Gasteiger partial charge in [0, 0.05) is 11.5 Å². The predicted octanol–water partition coefficient (Wildman–Crippen LogP) is 2.41. The van der Waals surface area contributed by atoms with Crippen LogP contribution in [0.3, 0.4) is 0 Å². The van der Waals surface area contributed by atoms with Crippen molar-refractivity contribution in [3.63, 3.8) is 0 Å². The lowest BCUT2D eigenvalue weighted by atomic mass is 9.80. The van der Waals surface area contributed by atoms with E-state index in [1.54, 1.807) is 7.11 Å². The average molecular weight is 312 g/mol. The second kappa shape index (κ2) is 4.57. The number of ether oxygens (including phenoxy) is 2. The molecule has 23 heavy (non-hydrogen) atoms. The third-order valence-electron chi connectivity index (χ3n) is 5.54. The van der Waals surface area contributed by atoms with Crippen LogP contribution in [0.4, 0.5) is 0 Å². The van der Waals surface area contributed by atoms with E-state index < -0.39 is 0 Å². The number of nitrogens with zero attached hydrogens (tertiary/aromatic N) is 2. The van der Waals surface area contributed by atoms with E-state index in [-0.39, 0.29) is 23.9 Å². The summed E-state index contributed by atoms with van der Waals surface area (Å²) in [5, 5.41) is 4.10. The van der Waals surface area contributed by atoms with Crippen LogP contribution in [0, 0.1) is 17.8 Å². The fourth-order valence-electron chi connectivity index (χ4n) is 4.59. The zero-order chi connectivity index (χ0) is 15.6. The topological polar surface area (TPSA) is 74.5 Å². The smallest absolute Gasteiger partial charge is 0.310 e. The summed E-state index contributed by atoms with van der Waals surface area (Å²) in [6.07, 6.45) is 2.08. The lowest BCUT2D eigenvalue weighted by Gasteiger charge is -2.20. The number of hydrogen-bond donors (Lipinski definition) is 0. The highest BCUT2D eigenvalue weighted by Gasteiger charge is 2.63. The van der Waals surface area contributed by atoms with Gasteiger partial charge in [0.15, 0.2) is 0 Å². The molecule has 2 heterocycles. The maximum Gasteiger partial charge on any atom is 0.310 e. The Labute approximate surface area is 132 Å². The summed E-state index contributed by atoms with van der Waals surface area (Å²) in [5.74, 6) is 2.42. The van der Waals surface area contributed by atoms with Crippen molar-refractivity contribution in [3.8, 4) is 17.1 Å². The first-order chi connectivity index (χ1) is 11.2. The van der Waals surface area contributed by atoms with E-state index in [1.165, 1.54) is 0 Å². The Balaban J connectivity index is 1.49. The van der Waals surface area contributed by atoms with Crippen molar-refractivity contribution >= 4 is 5.97 Å². The molecule has 1 saturated heterocycles. The molecule has 3 fully saturated rings. The molecular formula is C17H16N2O4. The van der Waals surface area contributed by atoms with E-state index in [4.69, 9.17) is 14.0 Å². The van der Waals surface area contributed by atoms with E-state index in [1.807, 2.05) is 24.3 Å². The lowest BCUT2D eigenvalue weighted by molar-refractivity contribution is -0.143.